The van der Waals surface area contributed by atoms with Crippen molar-refractivity contribution in [3.8, 4) is 0 Å². The Morgan fingerprint density at radius 2 is 2.07 bits per heavy atom. The number of thiocarbonyl (C=S) groups is 1. The van der Waals surface area contributed by atoms with Crippen molar-refractivity contribution in [2.75, 3.05) is 13.2 Å². The zero-order valence-corrected chi connectivity index (χ0v) is 9.69. The van der Waals surface area contributed by atoms with Crippen molar-refractivity contribution in [3.05, 3.63) is 0 Å². The highest BCUT2D eigenvalue weighted by Gasteiger charge is 2.42. The Bertz CT molecular complexity index is 241. The maximum Gasteiger partial charge on any atom is 0.171 e. The van der Waals surface area contributed by atoms with Crippen LogP contribution in [0.4, 0.5) is 0 Å². The third kappa shape index (κ3) is 2.34. The summed E-state index contributed by atoms with van der Waals surface area (Å²) in [6, 6.07) is 0. The van der Waals surface area contributed by atoms with E-state index >= 15 is 0 Å². The number of hydrogen-bond donors (Lipinski definition) is 3. The number of aliphatic hydroxyl groups excluding tert-OH is 1. The first-order valence-corrected chi connectivity index (χ1v) is 5.12. The van der Waals surface area contributed by atoms with E-state index in [0.717, 1.165) is 0 Å². The van der Waals surface area contributed by atoms with Gasteiger partial charge in [0.2, 0.25) is 0 Å². The lowest BCUT2D eigenvalue weighted by molar-refractivity contribution is -0.0919. The molecule has 1 atom stereocenters. The molecule has 1 aliphatic heterocycles. The van der Waals surface area contributed by atoms with E-state index in [1.165, 1.54) is 0 Å². The maximum absolute atomic E-state index is 10.2. The summed E-state index contributed by atoms with van der Waals surface area (Å²) in [4.78, 5) is 1.62. The van der Waals surface area contributed by atoms with Crippen LogP contribution in [0, 0.1) is 0 Å². The molecule has 14 heavy (non-hydrogen) atoms. The van der Waals surface area contributed by atoms with Crippen LogP contribution in [0.5, 0.6) is 0 Å². The average Bonchev–Trinajstić information content (AvgIpc) is 1.93. The first-order valence-electron chi connectivity index (χ1n) is 4.71. The van der Waals surface area contributed by atoms with E-state index in [9.17, 15) is 5.11 Å². The third-order valence-electron chi connectivity index (χ3n) is 2.37. The van der Waals surface area contributed by atoms with Crippen molar-refractivity contribution >= 4 is 17.3 Å². The third-order valence-corrected chi connectivity index (χ3v) is 2.69. The molecule has 0 aromatic carbocycles. The first kappa shape index (κ1) is 11.7. The summed E-state index contributed by atoms with van der Waals surface area (Å²) in [6.45, 7) is 6.04. The van der Waals surface area contributed by atoms with Gasteiger partial charge in [-0.15, -0.1) is 0 Å². The summed E-state index contributed by atoms with van der Waals surface area (Å²) in [5, 5.41) is 22.6. The summed E-state index contributed by atoms with van der Waals surface area (Å²) >= 11 is 5.13. The van der Waals surface area contributed by atoms with Crippen LogP contribution in [0.15, 0.2) is 0 Å². The minimum absolute atomic E-state index is 0.0155. The molecule has 0 bridgehead atoms. The molecular weight excluding hydrogens is 200 g/mol. The van der Waals surface area contributed by atoms with Crippen LogP contribution in [0.3, 0.4) is 0 Å². The summed E-state index contributed by atoms with van der Waals surface area (Å²) in [5.74, 6) is 0. The van der Waals surface area contributed by atoms with Gasteiger partial charge in [0, 0.05) is 18.5 Å². The molecule has 0 radical (unpaired) electrons. The Morgan fingerprint density at radius 1 is 1.50 bits per heavy atom. The monoisotopic (exact) mass is 218 g/mol. The van der Waals surface area contributed by atoms with Crippen LogP contribution in [0.25, 0.3) is 0 Å². The van der Waals surface area contributed by atoms with E-state index in [2.05, 4.69) is 5.32 Å². The summed E-state index contributed by atoms with van der Waals surface area (Å²) in [6.07, 6.45) is 0.570. The van der Waals surface area contributed by atoms with Crippen molar-refractivity contribution in [2.45, 2.75) is 38.5 Å². The quantitative estimate of drug-likeness (QED) is 0.572. The largest absolute Gasteiger partial charge is 0.395 e. The van der Waals surface area contributed by atoms with E-state index in [-0.39, 0.29) is 12.1 Å². The standard InChI is InChI=1S/C9H18N2O2S/c1-8(2)6-9(3,13)11(4-5-12)7(14)10-8/h12-13H,4-6H2,1-3H3,(H,10,14). The van der Waals surface area contributed by atoms with E-state index in [0.29, 0.717) is 18.1 Å². The Balaban J connectivity index is 2.83. The molecule has 0 aromatic heterocycles. The van der Waals surface area contributed by atoms with Crippen molar-refractivity contribution < 1.29 is 10.2 Å². The molecule has 5 heteroatoms. The Labute approximate surface area is 89.9 Å². The van der Waals surface area contributed by atoms with Crippen LogP contribution in [0.2, 0.25) is 0 Å². The van der Waals surface area contributed by atoms with Gasteiger partial charge in [0.15, 0.2) is 5.11 Å². The molecule has 1 heterocycles. The van der Waals surface area contributed by atoms with Gasteiger partial charge in [-0.2, -0.15) is 0 Å². The second-order valence-corrected chi connectivity index (χ2v) is 4.97. The van der Waals surface area contributed by atoms with Crippen molar-refractivity contribution in [1.29, 1.82) is 0 Å². The van der Waals surface area contributed by atoms with Gasteiger partial charge >= 0.3 is 0 Å². The van der Waals surface area contributed by atoms with Gasteiger partial charge < -0.3 is 20.4 Å². The number of rotatable bonds is 2. The van der Waals surface area contributed by atoms with Crippen LogP contribution in [-0.2, 0) is 0 Å². The molecule has 1 aliphatic rings. The highest BCUT2D eigenvalue weighted by atomic mass is 32.1. The molecule has 1 saturated heterocycles. The molecule has 82 valence electrons. The average molecular weight is 218 g/mol. The molecule has 0 aromatic rings. The lowest BCUT2D eigenvalue weighted by Crippen LogP contribution is -2.66. The normalized spacial score (nSPS) is 31.5. The number of β-amino-alcohol motifs (C(OH)–C–C–N with tert-alkyl or cyclic N) is 1. The van der Waals surface area contributed by atoms with Gasteiger partial charge in [0.1, 0.15) is 5.72 Å². The first-order chi connectivity index (χ1) is 6.28. The van der Waals surface area contributed by atoms with E-state index in [1.54, 1.807) is 11.8 Å². The number of nitrogens with one attached hydrogen (secondary N) is 1. The van der Waals surface area contributed by atoms with Gasteiger partial charge in [0.25, 0.3) is 0 Å². The molecular formula is C9H18N2O2S. The summed E-state index contributed by atoms with van der Waals surface area (Å²) in [5.41, 5.74) is -1.18. The maximum atomic E-state index is 10.2. The van der Waals surface area contributed by atoms with E-state index < -0.39 is 5.72 Å². The van der Waals surface area contributed by atoms with Gasteiger partial charge in [-0.25, -0.2) is 0 Å². The van der Waals surface area contributed by atoms with Crippen molar-refractivity contribution in [2.24, 2.45) is 0 Å². The minimum Gasteiger partial charge on any atom is -0.395 e. The molecule has 0 aliphatic carbocycles. The zero-order valence-electron chi connectivity index (χ0n) is 8.87. The highest BCUT2D eigenvalue weighted by Crippen LogP contribution is 2.28. The fourth-order valence-electron chi connectivity index (χ4n) is 1.99. The number of nitrogens with zero attached hydrogens (tertiary/aromatic N) is 1. The van der Waals surface area contributed by atoms with Crippen LogP contribution in [0.1, 0.15) is 27.2 Å². The molecule has 4 nitrogen and oxygen atoms in total. The van der Waals surface area contributed by atoms with Gasteiger partial charge in [-0.3, -0.25) is 0 Å². The molecule has 1 fully saturated rings. The lowest BCUT2D eigenvalue weighted by Gasteiger charge is -2.49. The second-order valence-electron chi connectivity index (χ2n) is 4.58. The number of hydrogen-bond acceptors (Lipinski definition) is 3. The fraction of sp³-hybridized carbons (Fsp3) is 0.889. The van der Waals surface area contributed by atoms with Crippen LogP contribution >= 0.6 is 12.2 Å². The molecule has 0 saturated carbocycles. The molecule has 1 rings (SSSR count). The summed E-state index contributed by atoms with van der Waals surface area (Å²) in [7, 11) is 0. The molecule has 1 unspecified atom stereocenters. The second kappa shape index (κ2) is 3.64. The fourth-order valence-corrected chi connectivity index (χ4v) is 2.56. The lowest BCUT2D eigenvalue weighted by atomic mass is 9.90. The zero-order chi connectivity index (χ0) is 11.0. The highest BCUT2D eigenvalue weighted by molar-refractivity contribution is 7.80. The number of aliphatic hydroxyl groups is 2. The van der Waals surface area contributed by atoms with Crippen LogP contribution < -0.4 is 5.32 Å². The van der Waals surface area contributed by atoms with Crippen molar-refractivity contribution in [1.82, 2.24) is 10.2 Å². The topological polar surface area (TPSA) is 55.7 Å². The van der Waals surface area contributed by atoms with E-state index in [1.807, 2.05) is 13.8 Å². The van der Waals surface area contributed by atoms with Gasteiger partial charge in [-0.1, -0.05) is 0 Å². The predicted octanol–water partition coefficient (Wildman–Crippen LogP) is 0.0460. The Morgan fingerprint density at radius 3 is 2.50 bits per heavy atom. The van der Waals surface area contributed by atoms with Crippen LogP contribution in [-0.4, -0.2) is 44.6 Å². The Hall–Kier alpha value is -0.390. The smallest absolute Gasteiger partial charge is 0.171 e. The molecule has 0 amide bonds. The minimum atomic E-state index is -0.978. The van der Waals surface area contributed by atoms with Gasteiger partial charge in [0.05, 0.1) is 6.61 Å². The molecule has 3 N–H and O–H groups in total. The Kier molecular flexibility index (Phi) is 3.04. The predicted molar refractivity (Wildman–Crippen MR) is 58.8 cm³/mol. The van der Waals surface area contributed by atoms with Crippen molar-refractivity contribution in [3.63, 3.8) is 0 Å². The SMILES string of the molecule is CC1(C)CC(C)(O)N(CCO)C(=S)N1. The van der Waals surface area contributed by atoms with E-state index in [4.69, 9.17) is 17.3 Å². The summed E-state index contributed by atoms with van der Waals surface area (Å²) < 4.78 is 0. The van der Waals surface area contributed by atoms with Gasteiger partial charge in [-0.05, 0) is 33.0 Å². The molecule has 0 spiro atoms.